The van der Waals surface area contributed by atoms with Gasteiger partial charge in [0, 0.05) is 0 Å². The summed E-state index contributed by atoms with van der Waals surface area (Å²) in [5.41, 5.74) is 0. The zero-order valence-corrected chi connectivity index (χ0v) is 7.11. The van der Waals surface area contributed by atoms with Gasteiger partial charge in [-0.1, -0.05) is 0 Å². The van der Waals surface area contributed by atoms with Crippen LogP contribution in [0.5, 0.6) is 0 Å². The molecule has 0 aromatic carbocycles. The van der Waals surface area contributed by atoms with Crippen LogP contribution >= 0.6 is 0 Å². The van der Waals surface area contributed by atoms with E-state index >= 15 is 0 Å². The molecule has 74 valence electrons. The molecule has 0 atom stereocenters. The van der Waals surface area contributed by atoms with Crippen molar-refractivity contribution in [1.82, 2.24) is 0 Å². The average Bonchev–Trinajstić information content (AvgIpc) is 1.25. The van der Waals surface area contributed by atoms with E-state index in [9.17, 15) is 0 Å². The molecule has 0 saturated carbocycles. The second-order valence-corrected chi connectivity index (χ2v) is 1.70. The number of hydrogen-bond acceptors (Lipinski definition) is 2. The van der Waals surface area contributed by atoms with Gasteiger partial charge < -0.3 is 35.6 Å². The quantitative estimate of drug-likeness (QED) is 0.299. The Morgan fingerprint density at radius 1 is 0.667 bits per heavy atom. The van der Waals surface area contributed by atoms with Gasteiger partial charge >= 0.3 is 47.9 Å². The van der Waals surface area contributed by atoms with E-state index in [0.717, 1.165) is 0 Å². The third kappa shape index (κ3) is 64900. The fourth-order valence-corrected chi connectivity index (χ4v) is 0. The Hall–Kier alpha value is 0.114. The van der Waals surface area contributed by atoms with E-state index in [4.69, 9.17) is 28.1 Å². The van der Waals surface area contributed by atoms with E-state index in [1.54, 1.807) is 0 Å². The van der Waals surface area contributed by atoms with Gasteiger partial charge in [0.1, 0.15) is 0 Å². The Morgan fingerprint density at radius 2 is 0.667 bits per heavy atom. The molecule has 12 heteroatoms. The van der Waals surface area contributed by atoms with Gasteiger partial charge in [0.2, 0.25) is 0 Å². The molecule has 0 heterocycles. The third-order valence-corrected chi connectivity index (χ3v) is 0. The second-order valence-electron chi connectivity index (χ2n) is 0.565. The molecule has 0 radical (unpaired) electrons. The van der Waals surface area contributed by atoms with Gasteiger partial charge in [0.15, 0.2) is 0 Å². The number of rotatable bonds is 0. The van der Waals surface area contributed by atoms with Gasteiger partial charge in [-0.25, -0.2) is 0 Å². The zero-order chi connectivity index (χ0) is 7.15. The van der Waals surface area contributed by atoms with E-state index in [1.165, 1.54) is 0 Å². The summed E-state index contributed by atoms with van der Waals surface area (Å²) >= 11 is 0. The van der Waals surface area contributed by atoms with Crippen molar-refractivity contribution in [2.75, 3.05) is 0 Å². The Labute approximate surface area is 92.3 Å². The molecule has 0 saturated heterocycles. The molecule has 0 aliphatic rings. The molecule has 0 fully saturated rings. The minimum atomic E-state index is -3.13. The summed E-state index contributed by atoms with van der Waals surface area (Å²) in [4.78, 5) is 28.6. The van der Waals surface area contributed by atoms with Crippen LogP contribution < -0.4 is 0 Å². The summed E-state index contributed by atoms with van der Waals surface area (Å²) in [6.07, 6.45) is 0. The summed E-state index contributed by atoms with van der Waals surface area (Å²) in [7, 11) is -6.26. The molecule has 0 rings (SSSR count). The minimum absolute atomic E-state index is 0. The van der Waals surface area contributed by atoms with Crippen molar-refractivity contribution >= 4 is 47.9 Å². The van der Waals surface area contributed by atoms with E-state index in [-0.39, 0.29) is 46.0 Å². The van der Waals surface area contributed by atoms with Crippen molar-refractivity contribution in [3.05, 3.63) is 0 Å². The standard InChI is InChI=1S/Na.2H2O3Si.3H2O.H/c;2*1-4(2)3;;;;/h;2*1-2H;3*1H2;. The molecular formula is H11NaO9Si2. The molecule has 12 heavy (non-hydrogen) atoms. The molecule has 0 unspecified atom stereocenters. The average molecular weight is 234 g/mol. The van der Waals surface area contributed by atoms with Crippen molar-refractivity contribution in [2.24, 2.45) is 0 Å². The van der Waals surface area contributed by atoms with Crippen LogP contribution in [0.4, 0.5) is 0 Å². The molecule has 0 spiro atoms. The summed E-state index contributed by atoms with van der Waals surface area (Å²) in [5, 5.41) is 0. The molecule has 0 aliphatic heterocycles. The van der Waals surface area contributed by atoms with E-state index in [2.05, 4.69) is 0 Å². The normalized spacial score (nSPS) is 4.00. The molecule has 0 amide bonds. The van der Waals surface area contributed by atoms with Crippen molar-refractivity contribution in [2.45, 2.75) is 0 Å². The molecule has 0 aromatic heterocycles. The van der Waals surface area contributed by atoms with Crippen LogP contribution in [0.25, 0.3) is 0 Å². The maximum absolute atomic E-state index is 8.74. The van der Waals surface area contributed by atoms with Crippen LogP contribution in [0.15, 0.2) is 0 Å². The van der Waals surface area contributed by atoms with Crippen LogP contribution in [-0.2, 0) is 8.92 Å². The third-order valence-electron chi connectivity index (χ3n) is 0. The monoisotopic (exact) mass is 234 g/mol. The van der Waals surface area contributed by atoms with Crippen molar-refractivity contribution in [1.29, 1.82) is 0 Å². The molecule has 0 aromatic rings. The maximum atomic E-state index is 8.74. The van der Waals surface area contributed by atoms with Crippen LogP contribution in [0.3, 0.4) is 0 Å². The van der Waals surface area contributed by atoms with Gasteiger partial charge in [-0.15, -0.1) is 0 Å². The summed E-state index contributed by atoms with van der Waals surface area (Å²) in [6, 6.07) is 0. The van der Waals surface area contributed by atoms with Gasteiger partial charge in [-0.3, -0.25) is 8.92 Å². The first-order valence-electron chi connectivity index (χ1n) is 1.30. The van der Waals surface area contributed by atoms with E-state index < -0.39 is 18.3 Å². The zero-order valence-electron chi connectivity index (χ0n) is 5.11. The topological polar surface area (TPSA) is 210 Å². The molecule has 10 N–H and O–H groups in total. The van der Waals surface area contributed by atoms with Crippen molar-refractivity contribution in [3.63, 3.8) is 0 Å². The Balaban J connectivity index is -0.0000000112. The van der Waals surface area contributed by atoms with Crippen LogP contribution in [-0.4, -0.2) is 83.5 Å². The summed E-state index contributed by atoms with van der Waals surface area (Å²) in [6.45, 7) is 0. The predicted octanol–water partition coefficient (Wildman–Crippen LogP) is -6.35. The van der Waals surface area contributed by atoms with Crippen LogP contribution in [0.2, 0.25) is 0 Å². The van der Waals surface area contributed by atoms with E-state index in [1.807, 2.05) is 0 Å². The Bertz CT molecular complexity index is 70.5. The van der Waals surface area contributed by atoms with Crippen molar-refractivity contribution < 1.29 is 44.5 Å². The molecule has 0 bridgehead atoms. The van der Waals surface area contributed by atoms with Crippen LogP contribution in [0.1, 0.15) is 0 Å². The van der Waals surface area contributed by atoms with Gasteiger partial charge in [-0.05, 0) is 0 Å². The van der Waals surface area contributed by atoms with Crippen LogP contribution in [0, 0.1) is 0 Å². The van der Waals surface area contributed by atoms with Crippen molar-refractivity contribution in [3.8, 4) is 0 Å². The fourth-order valence-electron chi connectivity index (χ4n) is 0. The Kier molecular flexibility index (Phi) is 101. The van der Waals surface area contributed by atoms with Gasteiger partial charge in [-0.2, -0.15) is 0 Å². The van der Waals surface area contributed by atoms with Gasteiger partial charge in [0.25, 0.3) is 0 Å². The first-order valence-corrected chi connectivity index (χ1v) is 3.91. The first-order chi connectivity index (χ1) is 3.46. The fraction of sp³-hybridized carbons (Fsp3) is 0. The second kappa shape index (κ2) is 30.4. The van der Waals surface area contributed by atoms with Gasteiger partial charge in [0.05, 0.1) is 0 Å². The summed E-state index contributed by atoms with van der Waals surface area (Å²) < 4.78 is 17.5. The Morgan fingerprint density at radius 3 is 0.667 bits per heavy atom. The molecule has 9 nitrogen and oxygen atoms in total. The molecule has 0 aliphatic carbocycles. The molecular weight excluding hydrogens is 223 g/mol. The van der Waals surface area contributed by atoms with E-state index in [0.29, 0.717) is 0 Å². The summed E-state index contributed by atoms with van der Waals surface area (Å²) in [5.74, 6) is 0. The predicted molar refractivity (Wildman–Crippen MR) is 39.7 cm³/mol. The first kappa shape index (κ1) is 40.0. The number of hydrogen-bond donors (Lipinski definition) is 4. The SMILES string of the molecule is O.O.O.O=[Si](O)O.O=[Si](O)O.[NaH].